The number of aromatic nitrogens is 4. The SMILES string of the molecule is COC(=O)c1nn(C)c(C)c1NC(=O)c1ccc(Cn2nc(C)c(Cl)c2C)o1. The summed E-state index contributed by atoms with van der Waals surface area (Å²) in [6, 6.07) is 3.25. The number of nitrogens with zero attached hydrogens (tertiary/aromatic N) is 4. The second-order valence-corrected chi connectivity index (χ2v) is 6.66. The standard InChI is InChI=1S/C18H20ClN5O4/c1-9-14(19)10(2)24(21-9)8-12-6-7-13(28-12)17(25)20-15-11(3)23(4)22-16(15)18(26)27-5/h6-7H,8H2,1-5H3,(H,20,25). The average Bonchev–Trinajstić information content (AvgIpc) is 3.31. The van der Waals surface area contributed by atoms with E-state index in [2.05, 4.69) is 15.5 Å². The van der Waals surface area contributed by atoms with Crippen molar-refractivity contribution in [3.8, 4) is 0 Å². The Morgan fingerprint density at radius 1 is 1.21 bits per heavy atom. The van der Waals surface area contributed by atoms with Crippen molar-refractivity contribution < 1.29 is 18.7 Å². The average molecular weight is 406 g/mol. The molecule has 0 aliphatic rings. The van der Waals surface area contributed by atoms with Crippen LogP contribution in [0.4, 0.5) is 5.69 Å². The van der Waals surface area contributed by atoms with Gasteiger partial charge in [0.05, 0.1) is 41.4 Å². The molecule has 0 aromatic carbocycles. The van der Waals surface area contributed by atoms with Crippen LogP contribution in [0.2, 0.25) is 5.02 Å². The number of furan rings is 1. The third kappa shape index (κ3) is 3.53. The van der Waals surface area contributed by atoms with Crippen molar-refractivity contribution in [1.82, 2.24) is 19.6 Å². The fraction of sp³-hybridized carbons (Fsp3) is 0.333. The number of amides is 1. The maximum absolute atomic E-state index is 12.6. The molecule has 0 bridgehead atoms. The fourth-order valence-corrected chi connectivity index (χ4v) is 2.87. The van der Waals surface area contributed by atoms with Crippen LogP contribution in [-0.4, -0.2) is 38.5 Å². The number of carbonyl (C=O) groups excluding carboxylic acids is 2. The molecule has 1 amide bonds. The summed E-state index contributed by atoms with van der Waals surface area (Å²) >= 11 is 6.16. The number of aryl methyl sites for hydroxylation is 2. The van der Waals surface area contributed by atoms with Gasteiger partial charge in [-0.15, -0.1) is 0 Å². The molecule has 3 aromatic rings. The summed E-state index contributed by atoms with van der Waals surface area (Å²) in [6.07, 6.45) is 0. The first-order valence-electron chi connectivity index (χ1n) is 8.44. The lowest BCUT2D eigenvalue weighted by Crippen LogP contribution is -2.15. The van der Waals surface area contributed by atoms with Crippen molar-refractivity contribution in [3.63, 3.8) is 0 Å². The lowest BCUT2D eigenvalue weighted by Gasteiger charge is -2.05. The predicted molar refractivity (Wildman–Crippen MR) is 102 cm³/mol. The molecule has 0 saturated carbocycles. The van der Waals surface area contributed by atoms with Crippen LogP contribution in [-0.2, 0) is 18.3 Å². The van der Waals surface area contributed by atoms with Crippen LogP contribution >= 0.6 is 11.6 Å². The Hall–Kier alpha value is -3.07. The van der Waals surface area contributed by atoms with Crippen LogP contribution in [0.5, 0.6) is 0 Å². The molecule has 3 aromatic heterocycles. The van der Waals surface area contributed by atoms with E-state index in [1.165, 1.54) is 11.8 Å². The number of hydrogen-bond acceptors (Lipinski definition) is 6. The summed E-state index contributed by atoms with van der Waals surface area (Å²) in [6.45, 7) is 5.75. The monoisotopic (exact) mass is 405 g/mol. The maximum atomic E-state index is 12.6. The van der Waals surface area contributed by atoms with Crippen molar-refractivity contribution in [1.29, 1.82) is 0 Å². The zero-order chi connectivity index (χ0) is 20.6. The third-order valence-corrected chi connectivity index (χ3v) is 4.98. The zero-order valence-corrected chi connectivity index (χ0v) is 16.9. The summed E-state index contributed by atoms with van der Waals surface area (Å²) in [7, 11) is 2.92. The lowest BCUT2D eigenvalue weighted by molar-refractivity contribution is 0.0594. The van der Waals surface area contributed by atoms with Gasteiger partial charge >= 0.3 is 5.97 Å². The Morgan fingerprint density at radius 3 is 2.54 bits per heavy atom. The largest absolute Gasteiger partial charge is 0.464 e. The number of hydrogen-bond donors (Lipinski definition) is 1. The zero-order valence-electron chi connectivity index (χ0n) is 16.2. The Bertz CT molecular complexity index is 1060. The summed E-state index contributed by atoms with van der Waals surface area (Å²) in [5, 5.41) is 11.7. The molecule has 10 heteroatoms. The number of nitrogens with one attached hydrogen (secondary N) is 1. The highest BCUT2D eigenvalue weighted by atomic mass is 35.5. The molecule has 0 spiro atoms. The highest BCUT2D eigenvalue weighted by Gasteiger charge is 2.23. The van der Waals surface area contributed by atoms with E-state index >= 15 is 0 Å². The first-order valence-corrected chi connectivity index (χ1v) is 8.82. The van der Waals surface area contributed by atoms with E-state index in [0.29, 0.717) is 23.0 Å². The van der Waals surface area contributed by atoms with E-state index < -0.39 is 11.9 Å². The number of esters is 1. The number of halogens is 1. The van der Waals surface area contributed by atoms with Crippen molar-refractivity contribution >= 4 is 29.2 Å². The Balaban J connectivity index is 1.80. The van der Waals surface area contributed by atoms with Crippen molar-refractivity contribution in [3.05, 3.63) is 51.5 Å². The molecule has 9 nitrogen and oxygen atoms in total. The summed E-state index contributed by atoms with van der Waals surface area (Å²) in [5.41, 5.74) is 2.46. The number of anilines is 1. The first kappa shape index (κ1) is 19.7. The quantitative estimate of drug-likeness (QED) is 0.654. The normalized spacial score (nSPS) is 10.9. The van der Waals surface area contributed by atoms with E-state index in [-0.39, 0.29) is 17.1 Å². The second kappa shape index (κ2) is 7.51. The molecule has 0 aliphatic carbocycles. The molecule has 0 aliphatic heterocycles. The minimum absolute atomic E-state index is 0.0277. The molecule has 0 saturated heterocycles. The second-order valence-electron chi connectivity index (χ2n) is 6.29. The van der Waals surface area contributed by atoms with Gasteiger partial charge in [0, 0.05) is 7.05 Å². The van der Waals surface area contributed by atoms with Crippen LogP contribution in [0.15, 0.2) is 16.5 Å². The molecule has 28 heavy (non-hydrogen) atoms. The van der Waals surface area contributed by atoms with Crippen molar-refractivity contribution in [2.75, 3.05) is 12.4 Å². The van der Waals surface area contributed by atoms with E-state index in [0.717, 1.165) is 11.4 Å². The molecule has 0 atom stereocenters. The van der Waals surface area contributed by atoms with Crippen LogP contribution in [0.3, 0.4) is 0 Å². The summed E-state index contributed by atoms with van der Waals surface area (Å²) < 4.78 is 13.6. The van der Waals surface area contributed by atoms with Crippen molar-refractivity contribution in [2.24, 2.45) is 7.05 Å². The van der Waals surface area contributed by atoms with Crippen molar-refractivity contribution in [2.45, 2.75) is 27.3 Å². The van der Waals surface area contributed by atoms with E-state index in [4.69, 9.17) is 20.8 Å². The highest BCUT2D eigenvalue weighted by Crippen LogP contribution is 2.23. The minimum atomic E-state index is -0.638. The van der Waals surface area contributed by atoms with Gasteiger partial charge in [-0.2, -0.15) is 10.2 Å². The molecule has 0 fully saturated rings. The predicted octanol–water partition coefficient (Wildman–Crippen LogP) is 2.88. The van der Waals surface area contributed by atoms with Gasteiger partial charge in [-0.05, 0) is 32.9 Å². The van der Waals surface area contributed by atoms with Gasteiger partial charge < -0.3 is 14.5 Å². The van der Waals surface area contributed by atoms with Gasteiger partial charge in [-0.25, -0.2) is 4.79 Å². The lowest BCUT2D eigenvalue weighted by atomic mass is 10.3. The number of rotatable bonds is 5. The minimum Gasteiger partial charge on any atom is -0.464 e. The smallest absolute Gasteiger partial charge is 0.360 e. The van der Waals surface area contributed by atoms with Gasteiger partial charge in [-0.1, -0.05) is 11.6 Å². The Morgan fingerprint density at radius 2 is 1.93 bits per heavy atom. The Kier molecular flexibility index (Phi) is 5.28. The Labute approximate surface area is 166 Å². The molecular weight excluding hydrogens is 386 g/mol. The van der Waals surface area contributed by atoms with Gasteiger partial charge in [0.1, 0.15) is 5.76 Å². The maximum Gasteiger partial charge on any atom is 0.360 e. The van der Waals surface area contributed by atoms with E-state index in [9.17, 15) is 9.59 Å². The van der Waals surface area contributed by atoms with Crippen LogP contribution in [0.25, 0.3) is 0 Å². The summed E-state index contributed by atoms with van der Waals surface area (Å²) in [4.78, 5) is 24.5. The van der Waals surface area contributed by atoms with Gasteiger partial charge in [0.25, 0.3) is 5.91 Å². The third-order valence-electron chi connectivity index (χ3n) is 4.44. The first-order chi connectivity index (χ1) is 13.2. The molecule has 1 N–H and O–H groups in total. The van der Waals surface area contributed by atoms with E-state index in [1.807, 2.05) is 13.8 Å². The van der Waals surface area contributed by atoms with Gasteiger partial charge in [0.15, 0.2) is 11.5 Å². The topological polar surface area (TPSA) is 104 Å². The van der Waals surface area contributed by atoms with E-state index in [1.54, 1.807) is 30.8 Å². The summed E-state index contributed by atoms with van der Waals surface area (Å²) in [5.74, 6) is -0.496. The van der Waals surface area contributed by atoms with Crippen LogP contribution in [0, 0.1) is 20.8 Å². The van der Waals surface area contributed by atoms with Crippen LogP contribution in [0.1, 0.15) is 43.9 Å². The molecule has 3 rings (SSSR count). The fourth-order valence-electron chi connectivity index (χ4n) is 2.73. The highest BCUT2D eigenvalue weighted by molar-refractivity contribution is 6.31. The number of methoxy groups -OCH3 is 1. The number of carbonyl (C=O) groups is 2. The van der Waals surface area contributed by atoms with Crippen LogP contribution < -0.4 is 5.32 Å². The molecule has 148 valence electrons. The number of ether oxygens (including phenoxy) is 1. The molecular formula is C18H20ClN5O4. The van der Waals surface area contributed by atoms with Gasteiger partial charge in [0.2, 0.25) is 0 Å². The molecule has 3 heterocycles. The van der Waals surface area contributed by atoms with Gasteiger partial charge in [-0.3, -0.25) is 14.2 Å². The molecule has 0 radical (unpaired) electrons. The molecule has 0 unspecified atom stereocenters.